The van der Waals surface area contributed by atoms with E-state index in [2.05, 4.69) is 12.1 Å². The summed E-state index contributed by atoms with van der Waals surface area (Å²) in [6.07, 6.45) is 4.74. The van der Waals surface area contributed by atoms with E-state index < -0.39 is 5.41 Å². The first-order valence-corrected chi connectivity index (χ1v) is 7.29. The third kappa shape index (κ3) is 3.41. The Labute approximate surface area is 119 Å². The SMILES string of the molecule is OCC(CO)(CCl)COc1ccc2c(c1)CCCC2. The lowest BCUT2D eigenvalue weighted by atomic mass is 9.91. The molecule has 1 aromatic carbocycles. The summed E-state index contributed by atoms with van der Waals surface area (Å²) in [6, 6.07) is 6.14. The molecule has 0 amide bonds. The number of benzene rings is 1. The van der Waals surface area contributed by atoms with Crippen LogP contribution in [0.2, 0.25) is 0 Å². The fraction of sp³-hybridized carbons (Fsp3) is 0.600. The molecule has 0 unspecified atom stereocenters. The highest BCUT2D eigenvalue weighted by atomic mass is 35.5. The molecule has 0 aromatic heterocycles. The highest BCUT2D eigenvalue weighted by Gasteiger charge is 2.29. The van der Waals surface area contributed by atoms with Gasteiger partial charge in [0.2, 0.25) is 0 Å². The summed E-state index contributed by atoms with van der Waals surface area (Å²) in [7, 11) is 0. The molecular weight excluding hydrogens is 264 g/mol. The van der Waals surface area contributed by atoms with Gasteiger partial charge in [-0.25, -0.2) is 0 Å². The fourth-order valence-electron chi connectivity index (χ4n) is 2.30. The molecule has 2 N–H and O–H groups in total. The molecule has 0 heterocycles. The minimum absolute atomic E-state index is 0.172. The molecule has 1 aliphatic carbocycles. The first-order chi connectivity index (χ1) is 9.23. The van der Waals surface area contributed by atoms with Crippen LogP contribution in [0.3, 0.4) is 0 Å². The van der Waals surface area contributed by atoms with Crippen molar-refractivity contribution >= 4 is 11.6 Å². The average Bonchev–Trinajstić information content (AvgIpc) is 2.49. The van der Waals surface area contributed by atoms with Crippen molar-refractivity contribution in [2.75, 3.05) is 25.7 Å². The monoisotopic (exact) mass is 284 g/mol. The largest absolute Gasteiger partial charge is 0.493 e. The molecule has 0 bridgehead atoms. The van der Waals surface area contributed by atoms with Crippen LogP contribution in [-0.2, 0) is 12.8 Å². The zero-order valence-electron chi connectivity index (χ0n) is 11.1. The Morgan fingerprint density at radius 3 is 2.42 bits per heavy atom. The number of halogens is 1. The fourth-order valence-corrected chi connectivity index (χ4v) is 2.55. The quantitative estimate of drug-likeness (QED) is 0.787. The number of fused-ring (bicyclic) bond motifs is 1. The Morgan fingerprint density at radius 2 is 1.79 bits per heavy atom. The first kappa shape index (κ1) is 14.6. The van der Waals surface area contributed by atoms with Gasteiger partial charge >= 0.3 is 0 Å². The standard InChI is InChI=1S/C15H21ClO3/c16-8-15(9-17,10-18)11-19-14-6-5-12-3-1-2-4-13(12)7-14/h5-7,17-18H,1-4,8-11H2. The van der Waals surface area contributed by atoms with E-state index in [1.165, 1.54) is 24.0 Å². The normalized spacial score (nSPS) is 15.1. The minimum Gasteiger partial charge on any atom is -0.493 e. The van der Waals surface area contributed by atoms with Crippen molar-refractivity contribution in [2.45, 2.75) is 25.7 Å². The molecule has 4 heteroatoms. The van der Waals surface area contributed by atoms with Crippen molar-refractivity contribution < 1.29 is 14.9 Å². The molecule has 1 aromatic rings. The van der Waals surface area contributed by atoms with Gasteiger partial charge in [0.05, 0.1) is 25.2 Å². The van der Waals surface area contributed by atoms with Gasteiger partial charge in [-0.1, -0.05) is 6.07 Å². The molecular formula is C15H21ClO3. The molecule has 0 spiro atoms. The summed E-state index contributed by atoms with van der Waals surface area (Å²) in [4.78, 5) is 0. The second kappa shape index (κ2) is 6.60. The number of rotatable bonds is 6. The molecule has 106 valence electrons. The van der Waals surface area contributed by atoms with Gasteiger partial charge in [0, 0.05) is 5.88 Å². The zero-order valence-corrected chi connectivity index (χ0v) is 11.8. The Balaban J connectivity index is 2.03. The molecule has 0 aliphatic heterocycles. The number of aliphatic hydroxyl groups excluding tert-OH is 2. The van der Waals surface area contributed by atoms with Crippen molar-refractivity contribution in [2.24, 2.45) is 5.41 Å². The molecule has 2 rings (SSSR count). The van der Waals surface area contributed by atoms with Crippen molar-refractivity contribution in [3.05, 3.63) is 29.3 Å². The van der Waals surface area contributed by atoms with E-state index in [-0.39, 0.29) is 25.7 Å². The van der Waals surface area contributed by atoms with Crippen LogP contribution in [0.25, 0.3) is 0 Å². The van der Waals surface area contributed by atoms with Crippen molar-refractivity contribution in [3.63, 3.8) is 0 Å². The van der Waals surface area contributed by atoms with E-state index >= 15 is 0 Å². The van der Waals surface area contributed by atoms with E-state index in [0.717, 1.165) is 18.6 Å². The predicted molar refractivity (Wildman–Crippen MR) is 75.9 cm³/mol. The van der Waals surface area contributed by atoms with Gasteiger partial charge in [0.15, 0.2) is 0 Å². The molecule has 0 saturated heterocycles. The Hall–Kier alpha value is -0.770. The number of aryl methyl sites for hydroxylation is 2. The van der Waals surface area contributed by atoms with E-state index in [1.807, 2.05) is 6.07 Å². The number of hydrogen-bond donors (Lipinski definition) is 2. The number of hydrogen-bond acceptors (Lipinski definition) is 3. The van der Waals surface area contributed by atoms with E-state index in [1.54, 1.807) is 0 Å². The average molecular weight is 285 g/mol. The molecule has 19 heavy (non-hydrogen) atoms. The Kier molecular flexibility index (Phi) is 5.08. The van der Waals surface area contributed by atoms with Crippen LogP contribution >= 0.6 is 11.6 Å². The number of ether oxygens (including phenoxy) is 1. The summed E-state index contributed by atoms with van der Waals surface area (Å²) in [6.45, 7) is -0.141. The van der Waals surface area contributed by atoms with Crippen molar-refractivity contribution in [1.29, 1.82) is 0 Å². The van der Waals surface area contributed by atoms with Gasteiger partial charge in [0.25, 0.3) is 0 Å². The maximum atomic E-state index is 9.32. The molecule has 3 nitrogen and oxygen atoms in total. The Morgan fingerprint density at radius 1 is 1.11 bits per heavy atom. The number of alkyl halides is 1. The van der Waals surface area contributed by atoms with Crippen LogP contribution in [0, 0.1) is 5.41 Å². The lowest BCUT2D eigenvalue weighted by molar-refractivity contribution is 0.0314. The van der Waals surface area contributed by atoms with Gasteiger partial charge in [-0.15, -0.1) is 11.6 Å². The maximum absolute atomic E-state index is 9.32. The van der Waals surface area contributed by atoms with Gasteiger partial charge in [-0.2, -0.15) is 0 Å². The Bertz CT molecular complexity index is 408. The van der Waals surface area contributed by atoms with Crippen LogP contribution in [0.4, 0.5) is 0 Å². The summed E-state index contributed by atoms with van der Waals surface area (Å²) in [5, 5.41) is 18.6. The van der Waals surface area contributed by atoms with Gasteiger partial charge in [-0.3, -0.25) is 0 Å². The molecule has 1 aliphatic rings. The molecule has 0 atom stereocenters. The van der Waals surface area contributed by atoms with Crippen LogP contribution < -0.4 is 4.74 Å². The molecule has 0 fully saturated rings. The van der Waals surface area contributed by atoms with E-state index in [4.69, 9.17) is 16.3 Å². The van der Waals surface area contributed by atoms with Gasteiger partial charge < -0.3 is 14.9 Å². The molecule has 0 radical (unpaired) electrons. The number of aliphatic hydroxyl groups is 2. The van der Waals surface area contributed by atoms with Gasteiger partial charge in [0.1, 0.15) is 5.75 Å². The second-order valence-electron chi connectivity index (χ2n) is 5.38. The van der Waals surface area contributed by atoms with Crippen LogP contribution in [-0.4, -0.2) is 35.9 Å². The second-order valence-corrected chi connectivity index (χ2v) is 5.64. The van der Waals surface area contributed by atoms with Crippen LogP contribution in [0.15, 0.2) is 18.2 Å². The predicted octanol–water partition coefficient (Wildman–Crippen LogP) is 2.15. The minimum atomic E-state index is -0.766. The third-order valence-corrected chi connectivity index (χ3v) is 4.39. The first-order valence-electron chi connectivity index (χ1n) is 6.75. The highest BCUT2D eigenvalue weighted by molar-refractivity contribution is 6.18. The van der Waals surface area contributed by atoms with Crippen LogP contribution in [0.5, 0.6) is 5.75 Å². The highest BCUT2D eigenvalue weighted by Crippen LogP contribution is 2.27. The zero-order chi connectivity index (χ0) is 13.7. The summed E-state index contributed by atoms with van der Waals surface area (Å²) in [5.74, 6) is 0.960. The van der Waals surface area contributed by atoms with E-state index in [0.29, 0.717) is 0 Å². The van der Waals surface area contributed by atoms with Crippen molar-refractivity contribution in [3.8, 4) is 5.75 Å². The third-order valence-electron chi connectivity index (χ3n) is 3.82. The smallest absolute Gasteiger partial charge is 0.119 e. The summed E-state index contributed by atoms with van der Waals surface area (Å²) < 4.78 is 5.71. The van der Waals surface area contributed by atoms with Gasteiger partial charge in [-0.05, 0) is 48.9 Å². The van der Waals surface area contributed by atoms with E-state index in [9.17, 15) is 10.2 Å². The lowest BCUT2D eigenvalue weighted by Gasteiger charge is -2.27. The maximum Gasteiger partial charge on any atom is 0.119 e. The summed E-state index contributed by atoms with van der Waals surface area (Å²) >= 11 is 5.81. The lowest BCUT2D eigenvalue weighted by Crippen LogP contribution is -2.38. The van der Waals surface area contributed by atoms with Crippen molar-refractivity contribution in [1.82, 2.24) is 0 Å². The van der Waals surface area contributed by atoms with Crippen LogP contribution in [0.1, 0.15) is 24.0 Å². The summed E-state index contributed by atoms with van der Waals surface area (Å²) in [5.41, 5.74) is 2.00. The topological polar surface area (TPSA) is 49.7 Å². The molecule has 0 saturated carbocycles.